The lowest BCUT2D eigenvalue weighted by Gasteiger charge is -2.39. The maximum atomic E-state index is 5.61. The molecule has 1 aliphatic rings. The molecule has 1 aliphatic heterocycles. The average Bonchev–Trinajstić information content (AvgIpc) is 2.80. The molecule has 0 aromatic heterocycles. The van der Waals surface area contributed by atoms with E-state index in [1.165, 1.54) is 19.3 Å². The number of rotatable bonds is 7. The van der Waals surface area contributed by atoms with Crippen LogP contribution in [0.1, 0.15) is 47.0 Å². The summed E-state index contributed by atoms with van der Waals surface area (Å²) in [5, 5.41) is 3.54. The van der Waals surface area contributed by atoms with Gasteiger partial charge in [-0.2, -0.15) is 0 Å². The van der Waals surface area contributed by atoms with Gasteiger partial charge in [0.2, 0.25) is 0 Å². The van der Waals surface area contributed by atoms with Crippen molar-refractivity contribution in [2.24, 2.45) is 0 Å². The highest BCUT2D eigenvalue weighted by Gasteiger charge is 2.25. The predicted molar refractivity (Wildman–Crippen MR) is 73.4 cm³/mol. The van der Waals surface area contributed by atoms with Crippen LogP contribution in [0.15, 0.2) is 0 Å². The van der Waals surface area contributed by atoms with Crippen LogP contribution in [0.4, 0.5) is 0 Å². The molecule has 0 aromatic carbocycles. The van der Waals surface area contributed by atoms with Crippen LogP contribution < -0.4 is 5.32 Å². The molecular formula is C14H30N2O. The van der Waals surface area contributed by atoms with Gasteiger partial charge in [0.25, 0.3) is 0 Å². The van der Waals surface area contributed by atoms with Crippen molar-refractivity contribution in [2.75, 3.05) is 26.7 Å². The minimum absolute atomic E-state index is 0.283. The highest BCUT2D eigenvalue weighted by Crippen LogP contribution is 2.18. The number of hydrogen-bond donors (Lipinski definition) is 1. The van der Waals surface area contributed by atoms with Gasteiger partial charge in [-0.05, 0) is 47.1 Å². The first kappa shape index (κ1) is 14.9. The Morgan fingerprint density at radius 3 is 2.71 bits per heavy atom. The molecule has 17 heavy (non-hydrogen) atoms. The molecule has 3 heteroatoms. The summed E-state index contributed by atoms with van der Waals surface area (Å²) in [5.74, 6) is 0. The Bertz CT molecular complexity index is 212. The van der Waals surface area contributed by atoms with Crippen LogP contribution in [0.3, 0.4) is 0 Å². The number of hydrogen-bond acceptors (Lipinski definition) is 3. The van der Waals surface area contributed by atoms with Crippen LogP contribution in [0.2, 0.25) is 0 Å². The van der Waals surface area contributed by atoms with Crippen molar-refractivity contribution in [3.8, 4) is 0 Å². The molecule has 0 aliphatic carbocycles. The lowest BCUT2D eigenvalue weighted by atomic mass is 9.98. The van der Waals surface area contributed by atoms with E-state index in [9.17, 15) is 0 Å². The van der Waals surface area contributed by atoms with E-state index in [2.05, 4.69) is 45.0 Å². The van der Waals surface area contributed by atoms with Gasteiger partial charge in [0.1, 0.15) is 0 Å². The summed E-state index contributed by atoms with van der Waals surface area (Å²) in [6.45, 7) is 12.2. The van der Waals surface area contributed by atoms with Crippen molar-refractivity contribution in [3.05, 3.63) is 0 Å². The Labute approximate surface area is 107 Å². The molecule has 1 heterocycles. The fourth-order valence-electron chi connectivity index (χ4n) is 2.24. The van der Waals surface area contributed by atoms with E-state index < -0.39 is 0 Å². The Balaban J connectivity index is 2.21. The van der Waals surface area contributed by atoms with Crippen LogP contribution >= 0.6 is 0 Å². The average molecular weight is 242 g/mol. The van der Waals surface area contributed by atoms with Gasteiger partial charge in [0.15, 0.2) is 0 Å². The summed E-state index contributed by atoms with van der Waals surface area (Å²) in [7, 11) is 2.22. The Morgan fingerprint density at radius 2 is 2.18 bits per heavy atom. The molecule has 1 N–H and O–H groups in total. The number of likely N-dealkylation sites (N-methyl/N-ethyl adjacent to an activating group) is 1. The van der Waals surface area contributed by atoms with Gasteiger partial charge in [0.05, 0.1) is 6.10 Å². The maximum absolute atomic E-state index is 5.61. The van der Waals surface area contributed by atoms with Gasteiger partial charge in [-0.1, -0.05) is 6.92 Å². The molecule has 0 radical (unpaired) electrons. The maximum Gasteiger partial charge on any atom is 0.0700 e. The molecule has 0 amide bonds. The zero-order valence-corrected chi connectivity index (χ0v) is 12.3. The standard InChI is InChI=1S/C14H30N2O/c1-6-14(3,4)16(5)12(2)10-15-11-13-8-7-9-17-13/h12-13,15H,6-11H2,1-5H3. The Kier molecular flexibility index (Phi) is 5.90. The summed E-state index contributed by atoms with van der Waals surface area (Å²) >= 11 is 0. The smallest absolute Gasteiger partial charge is 0.0700 e. The third kappa shape index (κ3) is 4.57. The minimum Gasteiger partial charge on any atom is -0.377 e. The lowest BCUT2D eigenvalue weighted by Crippen LogP contribution is -2.50. The van der Waals surface area contributed by atoms with Gasteiger partial charge < -0.3 is 10.1 Å². The van der Waals surface area contributed by atoms with Crippen molar-refractivity contribution in [1.29, 1.82) is 0 Å². The van der Waals surface area contributed by atoms with Crippen LogP contribution in [-0.4, -0.2) is 49.3 Å². The quantitative estimate of drug-likeness (QED) is 0.741. The second-order valence-electron chi connectivity index (χ2n) is 5.92. The number of nitrogens with zero attached hydrogens (tertiary/aromatic N) is 1. The van der Waals surface area contributed by atoms with Crippen LogP contribution in [0.5, 0.6) is 0 Å². The SMILES string of the molecule is CCC(C)(C)N(C)C(C)CNCC1CCCO1. The Hall–Kier alpha value is -0.120. The summed E-state index contributed by atoms with van der Waals surface area (Å²) < 4.78 is 5.61. The first-order chi connectivity index (χ1) is 7.97. The molecule has 0 aromatic rings. The van der Waals surface area contributed by atoms with E-state index in [-0.39, 0.29) is 5.54 Å². The van der Waals surface area contributed by atoms with Crippen molar-refractivity contribution >= 4 is 0 Å². The third-order valence-corrected chi connectivity index (χ3v) is 4.32. The molecule has 2 unspecified atom stereocenters. The topological polar surface area (TPSA) is 24.5 Å². The van der Waals surface area contributed by atoms with E-state index in [0.717, 1.165) is 19.7 Å². The molecule has 3 nitrogen and oxygen atoms in total. The van der Waals surface area contributed by atoms with Gasteiger partial charge in [-0.3, -0.25) is 4.90 Å². The number of ether oxygens (including phenoxy) is 1. The molecule has 1 fully saturated rings. The molecule has 0 saturated carbocycles. The summed E-state index contributed by atoms with van der Waals surface area (Å²) in [5.41, 5.74) is 0.283. The Morgan fingerprint density at radius 1 is 1.47 bits per heavy atom. The highest BCUT2D eigenvalue weighted by molar-refractivity contribution is 4.82. The molecule has 0 bridgehead atoms. The van der Waals surface area contributed by atoms with Crippen molar-refractivity contribution in [1.82, 2.24) is 10.2 Å². The summed E-state index contributed by atoms with van der Waals surface area (Å²) in [6.07, 6.45) is 4.08. The highest BCUT2D eigenvalue weighted by atomic mass is 16.5. The molecule has 1 rings (SSSR count). The molecule has 102 valence electrons. The molecular weight excluding hydrogens is 212 g/mol. The van der Waals surface area contributed by atoms with E-state index in [1.807, 2.05) is 0 Å². The minimum atomic E-state index is 0.283. The summed E-state index contributed by atoms with van der Waals surface area (Å²) in [6, 6.07) is 0.561. The van der Waals surface area contributed by atoms with Gasteiger partial charge >= 0.3 is 0 Å². The zero-order valence-electron chi connectivity index (χ0n) is 12.3. The monoisotopic (exact) mass is 242 g/mol. The second kappa shape index (κ2) is 6.72. The van der Waals surface area contributed by atoms with Crippen molar-refractivity contribution < 1.29 is 4.74 Å². The van der Waals surface area contributed by atoms with Crippen LogP contribution in [0.25, 0.3) is 0 Å². The first-order valence-electron chi connectivity index (χ1n) is 7.02. The van der Waals surface area contributed by atoms with Crippen molar-refractivity contribution in [3.63, 3.8) is 0 Å². The first-order valence-corrected chi connectivity index (χ1v) is 7.02. The summed E-state index contributed by atoms with van der Waals surface area (Å²) in [4.78, 5) is 2.47. The van der Waals surface area contributed by atoms with Crippen LogP contribution in [0, 0.1) is 0 Å². The number of nitrogens with one attached hydrogen (secondary N) is 1. The predicted octanol–water partition coefficient (Wildman–Crippen LogP) is 2.26. The third-order valence-electron chi connectivity index (χ3n) is 4.32. The lowest BCUT2D eigenvalue weighted by molar-refractivity contribution is 0.0914. The van der Waals surface area contributed by atoms with E-state index in [1.54, 1.807) is 0 Å². The normalized spacial score (nSPS) is 23.3. The van der Waals surface area contributed by atoms with E-state index in [4.69, 9.17) is 4.74 Å². The van der Waals surface area contributed by atoms with Crippen molar-refractivity contribution in [2.45, 2.75) is 64.6 Å². The molecule has 2 atom stereocenters. The van der Waals surface area contributed by atoms with E-state index in [0.29, 0.717) is 12.1 Å². The van der Waals surface area contributed by atoms with Gasteiger partial charge in [0, 0.05) is 31.3 Å². The fraction of sp³-hybridized carbons (Fsp3) is 1.00. The fourth-order valence-corrected chi connectivity index (χ4v) is 2.24. The molecule has 0 spiro atoms. The zero-order chi connectivity index (χ0) is 12.9. The second-order valence-corrected chi connectivity index (χ2v) is 5.92. The van der Waals surface area contributed by atoms with E-state index >= 15 is 0 Å². The van der Waals surface area contributed by atoms with Gasteiger partial charge in [-0.25, -0.2) is 0 Å². The van der Waals surface area contributed by atoms with Gasteiger partial charge in [-0.15, -0.1) is 0 Å². The van der Waals surface area contributed by atoms with Crippen LogP contribution in [-0.2, 0) is 4.74 Å². The largest absolute Gasteiger partial charge is 0.377 e. The molecule has 1 saturated heterocycles.